The number of thiocarbonyl (C=S) groups is 1. The molecule has 0 aliphatic carbocycles. The number of hydrogen-bond donors (Lipinski definition) is 2. The first-order valence-electron chi connectivity index (χ1n) is 10.9. The molecule has 1 aromatic carbocycles. The zero-order valence-corrected chi connectivity index (χ0v) is 19.3. The summed E-state index contributed by atoms with van der Waals surface area (Å²) < 4.78 is 35.1. The van der Waals surface area contributed by atoms with Gasteiger partial charge in [0.25, 0.3) is 0 Å². The molecule has 0 saturated carbocycles. The van der Waals surface area contributed by atoms with E-state index in [4.69, 9.17) is 27.5 Å². The molecule has 13 heteroatoms. The number of benzene rings is 1. The molecule has 3 fully saturated rings. The molecule has 3 heterocycles. The molecule has 1 amide bonds. The van der Waals surface area contributed by atoms with Crippen molar-refractivity contribution in [1.29, 1.82) is 0 Å². The van der Waals surface area contributed by atoms with Crippen LogP contribution < -0.4 is 21.0 Å². The number of cyclic esters (lactones) is 1. The Labute approximate surface area is 196 Å². The van der Waals surface area contributed by atoms with E-state index >= 15 is 0 Å². The minimum absolute atomic E-state index is 0.0972. The van der Waals surface area contributed by atoms with Crippen molar-refractivity contribution < 1.29 is 23.1 Å². The predicted molar refractivity (Wildman–Crippen MR) is 123 cm³/mol. The molecule has 0 radical (unpaired) electrons. The Bertz CT molecular complexity index is 864. The third-order valence-electron chi connectivity index (χ3n) is 5.93. The average molecular weight is 486 g/mol. The van der Waals surface area contributed by atoms with E-state index in [0.29, 0.717) is 18.2 Å². The maximum atomic E-state index is 15.0. The molecule has 3 aliphatic rings. The van der Waals surface area contributed by atoms with Crippen molar-refractivity contribution in [2.75, 3.05) is 82.4 Å². The lowest BCUT2D eigenvalue weighted by Gasteiger charge is -2.34. The molecule has 3 N–H and O–H groups in total. The zero-order valence-electron chi connectivity index (χ0n) is 18.5. The second-order valence-electron chi connectivity index (χ2n) is 8.24. The number of halogens is 2. The first-order valence-corrected chi connectivity index (χ1v) is 11.3. The summed E-state index contributed by atoms with van der Waals surface area (Å²) in [4.78, 5) is 22.7. The van der Waals surface area contributed by atoms with Gasteiger partial charge in [0.1, 0.15) is 11.8 Å². The van der Waals surface area contributed by atoms with Crippen molar-refractivity contribution in [2.45, 2.75) is 6.10 Å². The van der Waals surface area contributed by atoms with Crippen molar-refractivity contribution in [3.05, 3.63) is 23.8 Å². The molecule has 4 rings (SSSR count). The topological polar surface area (TPSA) is 89.8 Å². The second kappa shape index (κ2) is 10.3. The maximum Gasteiger partial charge on any atom is 0.414 e. The fourth-order valence-electron chi connectivity index (χ4n) is 4.01. The van der Waals surface area contributed by atoms with Crippen molar-refractivity contribution in [1.82, 2.24) is 20.4 Å². The number of anilines is 2. The van der Waals surface area contributed by atoms with Crippen LogP contribution in [0.2, 0.25) is 0 Å². The molecule has 3 saturated heterocycles. The van der Waals surface area contributed by atoms with Gasteiger partial charge in [-0.1, -0.05) is 0 Å². The number of rotatable bonds is 4. The van der Waals surface area contributed by atoms with E-state index in [0.717, 1.165) is 38.3 Å². The zero-order chi connectivity index (χ0) is 23.5. The number of piperazine rings is 1. The van der Waals surface area contributed by atoms with Gasteiger partial charge in [-0.2, -0.15) is 0 Å². The first kappa shape index (κ1) is 23.8. The Morgan fingerprint density at radius 2 is 1.85 bits per heavy atom. The van der Waals surface area contributed by atoms with Gasteiger partial charge >= 0.3 is 6.09 Å². The smallest absolute Gasteiger partial charge is 0.414 e. The summed E-state index contributed by atoms with van der Waals surface area (Å²) in [5, 5.41) is 4.00. The molecule has 0 aromatic heterocycles. The maximum absolute atomic E-state index is 15.0. The summed E-state index contributed by atoms with van der Waals surface area (Å²) in [6, 6.07) is 2.28. The highest BCUT2D eigenvalue weighted by Crippen LogP contribution is 2.31. The Kier molecular flexibility index (Phi) is 7.44. The number of nitrogens with zero attached hydrogens (tertiary/aromatic N) is 5. The number of hydrazine groups is 1. The van der Waals surface area contributed by atoms with Gasteiger partial charge in [0.2, 0.25) is 5.11 Å². The van der Waals surface area contributed by atoms with Crippen molar-refractivity contribution in [3.63, 3.8) is 0 Å². The van der Waals surface area contributed by atoms with E-state index in [9.17, 15) is 13.6 Å². The molecule has 1 aromatic rings. The second-order valence-corrected chi connectivity index (χ2v) is 8.63. The summed E-state index contributed by atoms with van der Waals surface area (Å²) in [6.07, 6.45) is -1.17. The Morgan fingerprint density at radius 3 is 2.48 bits per heavy atom. The number of nitrogens with one attached hydrogen (secondary N) is 1. The molecule has 0 bridgehead atoms. The van der Waals surface area contributed by atoms with E-state index in [2.05, 4.69) is 17.4 Å². The minimum Gasteiger partial charge on any atom is -0.443 e. The van der Waals surface area contributed by atoms with Gasteiger partial charge in [0.15, 0.2) is 11.6 Å². The summed E-state index contributed by atoms with van der Waals surface area (Å²) in [5.74, 6) is -1.53. The van der Waals surface area contributed by atoms with Crippen LogP contribution in [0, 0.1) is 11.6 Å². The first-order chi connectivity index (χ1) is 15.9. The van der Waals surface area contributed by atoms with Gasteiger partial charge in [-0.25, -0.2) is 23.6 Å². The van der Waals surface area contributed by atoms with Crippen LogP contribution in [0.25, 0.3) is 0 Å². The molecule has 3 aliphatic heterocycles. The minimum atomic E-state index is -0.763. The van der Waals surface area contributed by atoms with Crippen LogP contribution in [0.1, 0.15) is 0 Å². The van der Waals surface area contributed by atoms with Gasteiger partial charge in [-0.05, 0) is 19.3 Å². The van der Waals surface area contributed by atoms with E-state index in [1.165, 1.54) is 4.90 Å². The standard InChI is InChI=1S/C20H29F2N7O3S/c1-25-2-5-27(6-3-25)24-19(33)29-7-4-26(8-9-31-29)18-16(21)10-14(11-17(18)22)28-13-15(12-23)32-20(28)30/h10-11,15H,2-9,12-13,23H2,1H3,(H,24,33)/t15-/m0/s1. The van der Waals surface area contributed by atoms with Gasteiger partial charge in [-0.15, -0.1) is 0 Å². The Balaban J connectivity index is 1.39. The van der Waals surface area contributed by atoms with Crippen molar-refractivity contribution >= 4 is 34.8 Å². The molecule has 182 valence electrons. The molecular formula is C20H29F2N7O3S. The lowest BCUT2D eigenvalue weighted by atomic mass is 10.2. The van der Waals surface area contributed by atoms with Crippen molar-refractivity contribution in [3.8, 4) is 0 Å². The highest BCUT2D eigenvalue weighted by atomic mass is 32.1. The quantitative estimate of drug-likeness (QED) is 0.582. The number of carbonyl (C=O) groups excluding carboxylic acids is 1. The Morgan fingerprint density at radius 1 is 1.15 bits per heavy atom. The average Bonchev–Trinajstić information content (AvgIpc) is 3.00. The SMILES string of the molecule is CN1CCN(NC(=S)N2CCN(c3c(F)cc(N4C[C@H](CN)OC4=O)cc3F)CCO2)CC1. The van der Waals surface area contributed by atoms with Gasteiger partial charge < -0.3 is 20.3 Å². The lowest BCUT2D eigenvalue weighted by molar-refractivity contribution is -0.0896. The van der Waals surface area contributed by atoms with E-state index in [1.807, 2.05) is 5.01 Å². The lowest BCUT2D eigenvalue weighted by Crippen LogP contribution is -2.55. The predicted octanol–water partition coefficient (Wildman–Crippen LogP) is 0.339. The molecule has 0 spiro atoms. The largest absolute Gasteiger partial charge is 0.443 e. The van der Waals surface area contributed by atoms with E-state index < -0.39 is 23.8 Å². The molecule has 10 nitrogen and oxygen atoms in total. The third kappa shape index (κ3) is 5.44. The van der Waals surface area contributed by atoms with Gasteiger partial charge in [0, 0.05) is 57.9 Å². The van der Waals surface area contributed by atoms with Crippen LogP contribution in [-0.2, 0) is 9.57 Å². The number of hydrogen-bond acceptors (Lipinski definition) is 8. The van der Waals surface area contributed by atoms with Gasteiger partial charge in [0.05, 0.1) is 25.4 Å². The summed E-state index contributed by atoms with van der Waals surface area (Å²) in [5.41, 5.74) is 8.65. The number of carbonyl (C=O) groups is 1. The highest BCUT2D eigenvalue weighted by molar-refractivity contribution is 7.80. The number of amides is 1. The summed E-state index contributed by atoms with van der Waals surface area (Å²) in [6.45, 7) is 4.94. The van der Waals surface area contributed by atoms with Crippen molar-refractivity contribution in [2.24, 2.45) is 5.73 Å². The van der Waals surface area contributed by atoms with Crippen LogP contribution in [0.3, 0.4) is 0 Å². The van der Waals surface area contributed by atoms with Crippen LogP contribution in [0.4, 0.5) is 25.0 Å². The fourth-order valence-corrected chi connectivity index (χ4v) is 4.28. The highest BCUT2D eigenvalue weighted by Gasteiger charge is 2.33. The molecule has 33 heavy (non-hydrogen) atoms. The number of nitrogens with two attached hydrogens (primary N) is 1. The molecule has 0 unspecified atom stereocenters. The molecular weight excluding hydrogens is 456 g/mol. The van der Waals surface area contributed by atoms with E-state index in [-0.39, 0.29) is 37.6 Å². The number of likely N-dealkylation sites (N-methyl/N-ethyl adjacent to an activating group) is 1. The Hall–Kier alpha value is -2.32. The normalized spacial score (nSPS) is 23.0. The summed E-state index contributed by atoms with van der Waals surface area (Å²) in [7, 11) is 2.07. The summed E-state index contributed by atoms with van der Waals surface area (Å²) >= 11 is 5.47. The monoisotopic (exact) mass is 485 g/mol. The molecule has 1 atom stereocenters. The third-order valence-corrected chi connectivity index (χ3v) is 6.23. The van der Waals surface area contributed by atoms with Crippen LogP contribution >= 0.6 is 12.2 Å². The van der Waals surface area contributed by atoms with Crippen LogP contribution in [0.5, 0.6) is 0 Å². The number of ether oxygens (including phenoxy) is 1. The van der Waals surface area contributed by atoms with Crippen LogP contribution in [0.15, 0.2) is 12.1 Å². The van der Waals surface area contributed by atoms with Crippen LogP contribution in [-0.4, -0.2) is 105 Å². The van der Waals surface area contributed by atoms with Gasteiger partial charge in [-0.3, -0.25) is 15.2 Å². The fraction of sp³-hybridized carbons (Fsp3) is 0.600. The van der Waals surface area contributed by atoms with E-state index in [1.54, 1.807) is 9.96 Å². The number of hydroxylamine groups is 2.